The minimum Gasteiger partial charge on any atom is -0.355 e. The Balaban J connectivity index is 1.12. The summed E-state index contributed by atoms with van der Waals surface area (Å²) in [6.45, 7) is 1.34. The van der Waals surface area contributed by atoms with Crippen LogP contribution in [0.4, 0.5) is 0 Å². The first-order valence-electron chi connectivity index (χ1n) is 11.4. The molecule has 1 amide bonds. The van der Waals surface area contributed by atoms with Crippen molar-refractivity contribution in [3.8, 4) is 0 Å². The zero-order valence-corrected chi connectivity index (χ0v) is 18.0. The van der Waals surface area contributed by atoms with Gasteiger partial charge in [-0.25, -0.2) is 0 Å². The van der Waals surface area contributed by atoms with Gasteiger partial charge in [-0.1, -0.05) is 12.1 Å². The van der Waals surface area contributed by atoms with Crippen LogP contribution in [0.15, 0.2) is 33.6 Å². The summed E-state index contributed by atoms with van der Waals surface area (Å²) in [5.41, 5.74) is 0.750. The monoisotopic (exact) mass is 427 g/mol. The molecule has 160 valence electrons. The molecule has 0 radical (unpaired) electrons. The normalized spacial score (nSPS) is 36.5. The lowest BCUT2D eigenvalue weighted by Gasteiger charge is -2.57. The fourth-order valence-electron chi connectivity index (χ4n) is 7.30. The van der Waals surface area contributed by atoms with Crippen LogP contribution >= 0.6 is 0 Å². The summed E-state index contributed by atoms with van der Waals surface area (Å²) >= 11 is 0. The van der Waals surface area contributed by atoms with E-state index in [-0.39, 0.29) is 17.4 Å². The van der Waals surface area contributed by atoms with Gasteiger partial charge >= 0.3 is 0 Å². The van der Waals surface area contributed by atoms with E-state index in [1.807, 2.05) is 17.0 Å². The first-order chi connectivity index (χ1) is 14.4. The lowest BCUT2D eigenvalue weighted by molar-refractivity contribution is -0.132. The van der Waals surface area contributed by atoms with E-state index in [4.69, 9.17) is 0 Å². The number of nitrogens with zero attached hydrogens (tertiary/aromatic N) is 2. The first-order valence-corrected chi connectivity index (χ1v) is 12.9. The average molecular weight is 428 g/mol. The number of rotatable bonds is 2. The van der Waals surface area contributed by atoms with E-state index in [0.29, 0.717) is 29.4 Å². The van der Waals surface area contributed by atoms with Gasteiger partial charge in [0.05, 0.1) is 0 Å². The van der Waals surface area contributed by atoms with Crippen molar-refractivity contribution in [3.63, 3.8) is 0 Å². The molecule has 6 aliphatic rings. The van der Waals surface area contributed by atoms with Gasteiger partial charge in [-0.3, -0.25) is 4.79 Å². The third-order valence-corrected chi connectivity index (χ3v) is 9.53. The number of amides is 1. The van der Waals surface area contributed by atoms with Crippen molar-refractivity contribution in [1.29, 1.82) is 0 Å². The first kappa shape index (κ1) is 18.8. The van der Waals surface area contributed by atoms with Crippen LogP contribution in [-0.2, 0) is 14.8 Å². The molecule has 2 heterocycles. The SMILES string of the molecule is O=C(NC12CC3CC(CC(C3)C1)C2)C1CCN(C2=NS(=O)(=O)c3ccccc32)CC1. The quantitative estimate of drug-likeness (QED) is 0.787. The molecular formula is C23H29N3O3S. The molecular weight excluding hydrogens is 398 g/mol. The maximum Gasteiger partial charge on any atom is 0.285 e. The van der Waals surface area contributed by atoms with Gasteiger partial charge in [-0.15, -0.1) is 4.40 Å². The number of piperidine rings is 1. The number of nitrogens with one attached hydrogen (secondary N) is 1. The van der Waals surface area contributed by atoms with Gasteiger partial charge < -0.3 is 10.2 Å². The second-order valence-electron chi connectivity index (χ2n) is 10.3. The predicted molar refractivity (Wildman–Crippen MR) is 114 cm³/mol. The summed E-state index contributed by atoms with van der Waals surface area (Å²) in [6.07, 6.45) is 9.15. The topological polar surface area (TPSA) is 78.8 Å². The van der Waals surface area contributed by atoms with E-state index in [1.54, 1.807) is 12.1 Å². The highest BCUT2D eigenvalue weighted by molar-refractivity contribution is 7.90. The van der Waals surface area contributed by atoms with Gasteiger partial charge in [0.1, 0.15) is 4.90 Å². The number of amidine groups is 1. The zero-order valence-electron chi connectivity index (χ0n) is 17.2. The number of likely N-dealkylation sites (tertiary alicyclic amines) is 1. The number of hydrogen-bond acceptors (Lipinski definition) is 4. The van der Waals surface area contributed by atoms with Crippen molar-refractivity contribution in [1.82, 2.24) is 10.2 Å². The molecule has 0 spiro atoms. The van der Waals surface area contributed by atoms with E-state index >= 15 is 0 Å². The van der Waals surface area contributed by atoms with Crippen molar-refractivity contribution in [2.75, 3.05) is 13.1 Å². The highest BCUT2D eigenvalue weighted by Gasteiger charge is 2.52. The standard InChI is InChI=1S/C23H29N3O3S/c27-22(24-23-12-15-9-16(13-23)11-17(10-15)14-23)18-5-7-26(8-6-18)21-19-3-1-2-4-20(19)30(28,29)25-21/h1-4,15-18H,5-14H2,(H,24,27). The fourth-order valence-corrected chi connectivity index (χ4v) is 8.52. The molecule has 0 aromatic heterocycles. The van der Waals surface area contributed by atoms with Crippen LogP contribution in [0, 0.1) is 23.7 Å². The molecule has 1 saturated heterocycles. The van der Waals surface area contributed by atoms with E-state index < -0.39 is 10.0 Å². The molecule has 4 aliphatic carbocycles. The molecule has 2 aliphatic heterocycles. The van der Waals surface area contributed by atoms with Gasteiger partial charge in [0, 0.05) is 30.1 Å². The lowest BCUT2D eigenvalue weighted by Crippen LogP contribution is -2.61. The summed E-state index contributed by atoms with van der Waals surface area (Å²) in [6, 6.07) is 7.02. The molecule has 1 N–H and O–H groups in total. The van der Waals surface area contributed by atoms with Crippen LogP contribution in [0.2, 0.25) is 0 Å². The van der Waals surface area contributed by atoms with E-state index in [1.165, 1.54) is 38.5 Å². The summed E-state index contributed by atoms with van der Waals surface area (Å²) < 4.78 is 28.7. The number of carbonyl (C=O) groups is 1. The Bertz CT molecular complexity index is 989. The molecule has 7 rings (SSSR count). The molecule has 0 atom stereocenters. The Labute approximate surface area is 178 Å². The lowest BCUT2D eigenvalue weighted by atomic mass is 9.53. The third kappa shape index (κ3) is 3.00. The molecule has 1 aromatic rings. The molecule has 4 bridgehead atoms. The Morgan fingerprint density at radius 1 is 1.00 bits per heavy atom. The second kappa shape index (κ2) is 6.55. The van der Waals surface area contributed by atoms with Gasteiger partial charge in [0.2, 0.25) is 5.91 Å². The summed E-state index contributed by atoms with van der Waals surface area (Å²) in [4.78, 5) is 15.5. The van der Waals surface area contributed by atoms with Crippen LogP contribution in [0.3, 0.4) is 0 Å². The number of hydrogen-bond donors (Lipinski definition) is 1. The number of fused-ring (bicyclic) bond motifs is 1. The van der Waals surface area contributed by atoms with Crippen LogP contribution < -0.4 is 5.32 Å². The smallest absolute Gasteiger partial charge is 0.285 e. The summed E-state index contributed by atoms with van der Waals surface area (Å²) in [5, 5.41) is 3.52. The van der Waals surface area contributed by atoms with E-state index in [2.05, 4.69) is 9.71 Å². The van der Waals surface area contributed by atoms with E-state index in [9.17, 15) is 13.2 Å². The maximum atomic E-state index is 13.2. The Kier molecular flexibility index (Phi) is 4.12. The number of benzene rings is 1. The molecule has 7 heteroatoms. The number of sulfonamides is 1. The zero-order chi connectivity index (χ0) is 20.5. The molecule has 0 unspecified atom stereocenters. The largest absolute Gasteiger partial charge is 0.355 e. The highest BCUT2D eigenvalue weighted by Crippen LogP contribution is 2.55. The van der Waals surface area contributed by atoms with Crippen molar-refractivity contribution in [2.45, 2.75) is 61.8 Å². The maximum absolute atomic E-state index is 13.2. The third-order valence-electron chi connectivity index (χ3n) is 8.20. The van der Waals surface area contributed by atoms with E-state index in [0.717, 1.165) is 30.6 Å². The van der Waals surface area contributed by atoms with Gasteiger partial charge in [-0.05, 0) is 81.3 Å². The minimum atomic E-state index is -3.60. The molecule has 4 saturated carbocycles. The van der Waals surface area contributed by atoms with Crippen LogP contribution in [0.25, 0.3) is 0 Å². The van der Waals surface area contributed by atoms with Crippen molar-refractivity contribution in [2.24, 2.45) is 28.1 Å². The Hall–Kier alpha value is -1.89. The summed E-state index contributed by atoms with van der Waals surface area (Å²) in [5.74, 6) is 3.24. The molecule has 5 fully saturated rings. The second-order valence-corrected chi connectivity index (χ2v) is 11.9. The van der Waals surface area contributed by atoms with Crippen LogP contribution in [0.1, 0.15) is 56.9 Å². The summed E-state index contributed by atoms with van der Waals surface area (Å²) in [7, 11) is -3.60. The Morgan fingerprint density at radius 2 is 1.60 bits per heavy atom. The Morgan fingerprint density at radius 3 is 2.23 bits per heavy atom. The average Bonchev–Trinajstić information content (AvgIpc) is 2.98. The van der Waals surface area contributed by atoms with Gasteiger partial charge in [0.15, 0.2) is 5.84 Å². The van der Waals surface area contributed by atoms with Gasteiger partial charge in [-0.2, -0.15) is 8.42 Å². The molecule has 1 aromatic carbocycles. The highest BCUT2D eigenvalue weighted by atomic mass is 32.2. The fraction of sp³-hybridized carbons (Fsp3) is 0.652. The number of carbonyl (C=O) groups excluding carboxylic acids is 1. The van der Waals surface area contributed by atoms with Crippen LogP contribution in [-0.4, -0.2) is 43.7 Å². The molecule has 6 nitrogen and oxygen atoms in total. The van der Waals surface area contributed by atoms with Crippen LogP contribution in [0.5, 0.6) is 0 Å². The minimum absolute atomic E-state index is 0.0168. The van der Waals surface area contributed by atoms with Crippen molar-refractivity contribution >= 4 is 21.8 Å². The molecule has 30 heavy (non-hydrogen) atoms. The van der Waals surface area contributed by atoms with Crippen molar-refractivity contribution in [3.05, 3.63) is 29.8 Å². The van der Waals surface area contributed by atoms with Crippen molar-refractivity contribution < 1.29 is 13.2 Å². The predicted octanol–water partition coefficient (Wildman–Crippen LogP) is 2.93. The van der Waals surface area contributed by atoms with Gasteiger partial charge in [0.25, 0.3) is 10.0 Å².